The van der Waals surface area contributed by atoms with Crippen molar-refractivity contribution in [1.82, 2.24) is 14.7 Å². The van der Waals surface area contributed by atoms with Crippen molar-refractivity contribution in [3.8, 4) is 6.07 Å². The average Bonchev–Trinajstić information content (AvgIpc) is 2.98. The first-order valence-corrected chi connectivity index (χ1v) is 9.64. The third-order valence-corrected chi connectivity index (χ3v) is 5.59. The number of nitrogens with one attached hydrogen (secondary N) is 1. The zero-order valence-corrected chi connectivity index (χ0v) is 16.2. The third-order valence-electron chi connectivity index (χ3n) is 4.59. The van der Waals surface area contributed by atoms with Gasteiger partial charge < -0.3 is 5.32 Å². The van der Waals surface area contributed by atoms with Gasteiger partial charge in [-0.1, -0.05) is 37.7 Å². The monoisotopic (exact) mass is 366 g/mol. The number of fused-ring (bicyclic) bond motifs is 3. The summed E-state index contributed by atoms with van der Waals surface area (Å²) in [5.41, 5.74) is 3.87. The second kappa shape index (κ2) is 7.38. The summed E-state index contributed by atoms with van der Waals surface area (Å²) < 4.78 is 1.98. The van der Waals surface area contributed by atoms with Crippen molar-refractivity contribution in [2.45, 2.75) is 38.8 Å². The summed E-state index contributed by atoms with van der Waals surface area (Å²) in [5, 5.41) is 13.5. The van der Waals surface area contributed by atoms with E-state index >= 15 is 0 Å². The van der Waals surface area contributed by atoms with Gasteiger partial charge in [-0.25, -0.2) is 4.98 Å². The van der Waals surface area contributed by atoms with E-state index in [9.17, 15) is 10.1 Å². The van der Waals surface area contributed by atoms with Gasteiger partial charge in [0.15, 0.2) is 5.65 Å². The molecule has 0 unspecified atom stereocenters. The number of imidazole rings is 1. The Kier molecular flexibility index (Phi) is 5.19. The Bertz CT molecular complexity index is 1020. The number of pyridine rings is 1. The van der Waals surface area contributed by atoms with Crippen molar-refractivity contribution < 1.29 is 4.79 Å². The van der Waals surface area contributed by atoms with Crippen molar-refractivity contribution in [1.29, 1.82) is 5.26 Å². The SMILES string of the molecule is Cc1cc(SCC(=O)N[C@H](C)C(C)C)n2c(nc3ccccc32)c1C#N. The van der Waals surface area contributed by atoms with Crippen LogP contribution in [0.5, 0.6) is 0 Å². The predicted octanol–water partition coefficient (Wildman–Crippen LogP) is 3.92. The molecule has 0 spiro atoms. The minimum atomic E-state index is 0.00998. The summed E-state index contributed by atoms with van der Waals surface area (Å²) in [6, 6.07) is 12.2. The Morgan fingerprint density at radius 1 is 1.35 bits per heavy atom. The van der Waals surface area contributed by atoms with Crippen LogP contribution in [0.2, 0.25) is 0 Å². The number of nitriles is 1. The maximum atomic E-state index is 12.3. The van der Waals surface area contributed by atoms with Crippen molar-refractivity contribution in [3.63, 3.8) is 0 Å². The van der Waals surface area contributed by atoms with E-state index in [2.05, 4.69) is 30.2 Å². The van der Waals surface area contributed by atoms with Gasteiger partial charge in [0, 0.05) is 6.04 Å². The normalized spacial score (nSPS) is 12.5. The van der Waals surface area contributed by atoms with Gasteiger partial charge in [0.25, 0.3) is 0 Å². The molecule has 0 aliphatic rings. The topological polar surface area (TPSA) is 70.2 Å². The fraction of sp³-hybridized carbons (Fsp3) is 0.350. The molecular formula is C20H22N4OS. The Balaban J connectivity index is 1.98. The van der Waals surface area contributed by atoms with Crippen LogP contribution in [0.25, 0.3) is 16.7 Å². The lowest BCUT2D eigenvalue weighted by molar-refractivity contribution is -0.119. The first kappa shape index (κ1) is 18.3. The lowest BCUT2D eigenvalue weighted by Crippen LogP contribution is -2.37. The second-order valence-corrected chi connectivity index (χ2v) is 7.80. The highest BCUT2D eigenvalue weighted by Gasteiger charge is 2.17. The van der Waals surface area contributed by atoms with Crippen LogP contribution in [0.15, 0.2) is 35.4 Å². The minimum Gasteiger partial charge on any atom is -0.353 e. The molecule has 3 aromatic rings. The summed E-state index contributed by atoms with van der Waals surface area (Å²) >= 11 is 1.47. The Labute approximate surface area is 157 Å². The molecule has 2 heterocycles. The summed E-state index contributed by atoms with van der Waals surface area (Å²) in [7, 11) is 0. The van der Waals surface area contributed by atoms with E-state index in [4.69, 9.17) is 0 Å². The fourth-order valence-corrected chi connectivity index (χ4v) is 3.70. The van der Waals surface area contributed by atoms with Gasteiger partial charge in [-0.3, -0.25) is 9.20 Å². The number of thioether (sulfide) groups is 1. The lowest BCUT2D eigenvalue weighted by atomic mass is 10.1. The molecule has 1 N–H and O–H groups in total. The Morgan fingerprint density at radius 2 is 2.08 bits per heavy atom. The van der Waals surface area contributed by atoms with Crippen molar-refractivity contribution in [2.75, 3.05) is 5.75 Å². The number of rotatable bonds is 5. The molecule has 5 nitrogen and oxygen atoms in total. The van der Waals surface area contributed by atoms with Crippen LogP contribution < -0.4 is 5.32 Å². The summed E-state index contributed by atoms with van der Waals surface area (Å²) in [6.45, 7) is 8.09. The molecule has 2 aromatic heterocycles. The zero-order valence-electron chi connectivity index (χ0n) is 15.4. The number of para-hydroxylation sites is 2. The molecule has 1 amide bonds. The highest BCUT2D eigenvalue weighted by Crippen LogP contribution is 2.29. The number of benzene rings is 1. The Hall–Kier alpha value is -2.52. The number of aryl methyl sites for hydroxylation is 1. The van der Waals surface area contributed by atoms with E-state index in [-0.39, 0.29) is 11.9 Å². The number of aromatic nitrogens is 2. The van der Waals surface area contributed by atoms with Crippen LogP contribution >= 0.6 is 11.8 Å². The highest BCUT2D eigenvalue weighted by molar-refractivity contribution is 7.99. The molecule has 0 aliphatic heterocycles. The molecule has 6 heteroatoms. The maximum absolute atomic E-state index is 12.3. The molecule has 0 aliphatic carbocycles. The molecule has 0 bridgehead atoms. The average molecular weight is 366 g/mol. The van der Waals surface area contributed by atoms with E-state index in [0.29, 0.717) is 22.9 Å². The van der Waals surface area contributed by atoms with Crippen LogP contribution in [0.4, 0.5) is 0 Å². The fourth-order valence-electron chi connectivity index (χ4n) is 2.76. The summed E-state index contributed by atoms with van der Waals surface area (Å²) in [4.78, 5) is 16.9. The van der Waals surface area contributed by atoms with Gasteiger partial charge >= 0.3 is 0 Å². The van der Waals surface area contributed by atoms with Crippen LogP contribution in [-0.4, -0.2) is 27.1 Å². The van der Waals surface area contributed by atoms with E-state index in [1.54, 1.807) is 0 Å². The van der Waals surface area contributed by atoms with Crippen molar-refractivity contribution in [3.05, 3.63) is 41.5 Å². The molecule has 1 aromatic carbocycles. The predicted molar refractivity (Wildman–Crippen MR) is 105 cm³/mol. The number of nitrogens with zero attached hydrogens (tertiary/aromatic N) is 3. The Morgan fingerprint density at radius 3 is 2.77 bits per heavy atom. The van der Waals surface area contributed by atoms with E-state index in [1.165, 1.54) is 11.8 Å². The first-order valence-electron chi connectivity index (χ1n) is 8.65. The van der Waals surface area contributed by atoms with E-state index in [1.807, 2.05) is 48.6 Å². The smallest absolute Gasteiger partial charge is 0.230 e. The molecule has 0 saturated carbocycles. The van der Waals surface area contributed by atoms with Gasteiger partial charge in [0.1, 0.15) is 6.07 Å². The van der Waals surface area contributed by atoms with Crippen molar-refractivity contribution in [2.24, 2.45) is 5.92 Å². The molecular weight excluding hydrogens is 344 g/mol. The molecule has 0 saturated heterocycles. The van der Waals surface area contributed by atoms with Gasteiger partial charge in [0.05, 0.1) is 27.4 Å². The number of carbonyl (C=O) groups excluding carboxylic acids is 1. The lowest BCUT2D eigenvalue weighted by Gasteiger charge is -2.17. The molecule has 134 valence electrons. The first-order chi connectivity index (χ1) is 12.4. The molecule has 3 rings (SSSR count). The van der Waals surface area contributed by atoms with Gasteiger partial charge in [0.2, 0.25) is 5.91 Å². The van der Waals surface area contributed by atoms with Crippen molar-refractivity contribution >= 4 is 34.3 Å². The van der Waals surface area contributed by atoms with Crippen LogP contribution in [0.3, 0.4) is 0 Å². The molecule has 0 fully saturated rings. The molecule has 0 radical (unpaired) electrons. The molecule has 1 atom stereocenters. The maximum Gasteiger partial charge on any atom is 0.230 e. The van der Waals surface area contributed by atoms with E-state index in [0.717, 1.165) is 21.6 Å². The number of hydrogen-bond donors (Lipinski definition) is 1. The van der Waals surface area contributed by atoms with Gasteiger partial charge in [-0.15, -0.1) is 0 Å². The summed E-state index contributed by atoms with van der Waals surface area (Å²) in [6.07, 6.45) is 0. The standard InChI is InChI=1S/C20H22N4OS/c1-12(2)14(4)22-18(25)11-26-19-9-13(3)15(10-21)20-23-16-7-5-6-8-17(16)24(19)20/h5-9,12,14H,11H2,1-4H3,(H,22,25)/t14-/m1/s1. The van der Waals surface area contributed by atoms with Gasteiger partial charge in [-0.05, 0) is 43.5 Å². The van der Waals surface area contributed by atoms with Crippen LogP contribution in [0, 0.1) is 24.2 Å². The highest BCUT2D eigenvalue weighted by atomic mass is 32.2. The quantitative estimate of drug-likeness (QED) is 0.695. The number of carbonyl (C=O) groups is 1. The summed E-state index contributed by atoms with van der Waals surface area (Å²) in [5.74, 6) is 0.727. The van der Waals surface area contributed by atoms with Crippen LogP contribution in [-0.2, 0) is 4.79 Å². The number of hydrogen-bond acceptors (Lipinski definition) is 4. The largest absolute Gasteiger partial charge is 0.353 e. The van der Waals surface area contributed by atoms with Crippen LogP contribution in [0.1, 0.15) is 31.9 Å². The zero-order chi connectivity index (χ0) is 18.8. The van der Waals surface area contributed by atoms with Gasteiger partial charge in [-0.2, -0.15) is 5.26 Å². The van der Waals surface area contributed by atoms with E-state index < -0.39 is 0 Å². The third kappa shape index (κ3) is 3.40. The second-order valence-electron chi connectivity index (χ2n) is 6.80. The molecule has 26 heavy (non-hydrogen) atoms. The minimum absolute atomic E-state index is 0.00998. The number of amides is 1.